The summed E-state index contributed by atoms with van der Waals surface area (Å²) in [5.41, 5.74) is 7.52. The largest absolute Gasteiger partial charge is 0.271 e. The van der Waals surface area contributed by atoms with Crippen LogP contribution in [0.2, 0.25) is 0 Å². The van der Waals surface area contributed by atoms with Gasteiger partial charge in [0.1, 0.15) is 0 Å². The number of benzene rings is 1. The van der Waals surface area contributed by atoms with Crippen LogP contribution in [0.1, 0.15) is 33.4 Å². The second kappa shape index (κ2) is 4.96. The van der Waals surface area contributed by atoms with Crippen molar-refractivity contribution in [2.45, 2.75) is 26.8 Å². The van der Waals surface area contributed by atoms with Gasteiger partial charge in [0.15, 0.2) is 0 Å². The highest BCUT2D eigenvalue weighted by atomic mass is 32.1. The number of thiazole rings is 1. The average Bonchev–Trinajstić information content (AvgIpc) is 2.69. The van der Waals surface area contributed by atoms with Crippen LogP contribution in [0.3, 0.4) is 0 Å². The molecule has 0 fully saturated rings. The first-order chi connectivity index (χ1) is 8.11. The van der Waals surface area contributed by atoms with Crippen LogP contribution in [-0.4, -0.2) is 4.98 Å². The van der Waals surface area contributed by atoms with E-state index < -0.39 is 0 Å². The Morgan fingerprint density at radius 3 is 2.59 bits per heavy atom. The van der Waals surface area contributed by atoms with Gasteiger partial charge < -0.3 is 0 Å². The van der Waals surface area contributed by atoms with Gasteiger partial charge >= 0.3 is 0 Å². The molecule has 2 aromatic rings. The number of nitrogens with zero attached hydrogens (tertiary/aromatic N) is 1. The Labute approximate surface area is 106 Å². The third-order valence-electron chi connectivity index (χ3n) is 2.84. The molecule has 0 aliphatic carbocycles. The first-order valence-electron chi connectivity index (χ1n) is 5.57. The van der Waals surface area contributed by atoms with Crippen molar-refractivity contribution in [1.29, 1.82) is 0 Å². The molecule has 0 radical (unpaired) electrons. The SMILES string of the molecule is Cc1ccc(C(NN)c2csc(C)n2)c(C)c1. The second-order valence-electron chi connectivity index (χ2n) is 4.25. The molecule has 3 N–H and O–H groups in total. The zero-order valence-corrected chi connectivity index (χ0v) is 11.1. The van der Waals surface area contributed by atoms with Crippen molar-refractivity contribution in [3.8, 4) is 0 Å². The zero-order valence-electron chi connectivity index (χ0n) is 10.3. The maximum Gasteiger partial charge on any atom is 0.0898 e. The van der Waals surface area contributed by atoms with E-state index in [4.69, 9.17) is 5.84 Å². The molecule has 0 saturated carbocycles. The van der Waals surface area contributed by atoms with Crippen LogP contribution in [0.4, 0.5) is 0 Å². The third-order valence-corrected chi connectivity index (χ3v) is 3.63. The van der Waals surface area contributed by atoms with Gasteiger partial charge in [-0.1, -0.05) is 23.8 Å². The minimum absolute atomic E-state index is 0.0273. The van der Waals surface area contributed by atoms with Crippen molar-refractivity contribution < 1.29 is 0 Å². The molecule has 0 amide bonds. The van der Waals surface area contributed by atoms with E-state index >= 15 is 0 Å². The van der Waals surface area contributed by atoms with Gasteiger partial charge in [0, 0.05) is 5.38 Å². The molecule has 1 aromatic carbocycles. The second-order valence-corrected chi connectivity index (χ2v) is 5.31. The minimum atomic E-state index is -0.0273. The highest BCUT2D eigenvalue weighted by molar-refractivity contribution is 7.09. The Balaban J connectivity index is 2.42. The fraction of sp³-hybridized carbons (Fsp3) is 0.308. The Morgan fingerprint density at radius 1 is 1.29 bits per heavy atom. The smallest absolute Gasteiger partial charge is 0.0898 e. The molecule has 1 unspecified atom stereocenters. The van der Waals surface area contributed by atoms with Crippen molar-refractivity contribution in [3.63, 3.8) is 0 Å². The number of hydrogen-bond donors (Lipinski definition) is 2. The van der Waals surface area contributed by atoms with Crippen LogP contribution < -0.4 is 11.3 Å². The topological polar surface area (TPSA) is 50.9 Å². The van der Waals surface area contributed by atoms with E-state index in [-0.39, 0.29) is 6.04 Å². The summed E-state index contributed by atoms with van der Waals surface area (Å²) in [5, 5.41) is 3.11. The third kappa shape index (κ3) is 2.54. The van der Waals surface area contributed by atoms with E-state index in [1.807, 2.05) is 6.92 Å². The monoisotopic (exact) mass is 247 g/mol. The van der Waals surface area contributed by atoms with E-state index in [0.717, 1.165) is 10.7 Å². The van der Waals surface area contributed by atoms with E-state index in [0.29, 0.717) is 0 Å². The van der Waals surface area contributed by atoms with Crippen molar-refractivity contribution in [2.75, 3.05) is 0 Å². The van der Waals surface area contributed by atoms with Crippen molar-refractivity contribution in [2.24, 2.45) is 5.84 Å². The molecule has 0 saturated heterocycles. The van der Waals surface area contributed by atoms with Gasteiger partial charge in [-0.2, -0.15) is 0 Å². The van der Waals surface area contributed by atoms with E-state index in [1.165, 1.54) is 16.7 Å². The zero-order chi connectivity index (χ0) is 12.4. The number of aryl methyl sites for hydroxylation is 3. The highest BCUT2D eigenvalue weighted by Gasteiger charge is 2.17. The number of nitrogens with one attached hydrogen (secondary N) is 1. The maximum absolute atomic E-state index is 5.67. The van der Waals surface area contributed by atoms with Crippen LogP contribution in [-0.2, 0) is 0 Å². The Morgan fingerprint density at radius 2 is 2.06 bits per heavy atom. The van der Waals surface area contributed by atoms with Gasteiger partial charge in [-0.25, -0.2) is 10.4 Å². The predicted octanol–water partition coefficient (Wildman–Crippen LogP) is 2.62. The summed E-state index contributed by atoms with van der Waals surface area (Å²) < 4.78 is 0. The normalized spacial score (nSPS) is 12.7. The molecule has 0 aliphatic heterocycles. The molecule has 17 heavy (non-hydrogen) atoms. The summed E-state index contributed by atoms with van der Waals surface area (Å²) in [6.07, 6.45) is 0. The summed E-state index contributed by atoms with van der Waals surface area (Å²) in [6, 6.07) is 6.36. The van der Waals surface area contributed by atoms with E-state index in [1.54, 1.807) is 11.3 Å². The first kappa shape index (κ1) is 12.2. The Bertz CT molecular complexity index is 519. The van der Waals surface area contributed by atoms with Gasteiger partial charge in [-0.3, -0.25) is 5.84 Å². The van der Waals surface area contributed by atoms with E-state index in [9.17, 15) is 0 Å². The lowest BCUT2D eigenvalue weighted by atomic mass is 9.98. The summed E-state index contributed by atoms with van der Waals surface area (Å²) in [4.78, 5) is 4.50. The van der Waals surface area contributed by atoms with Gasteiger partial charge in [-0.15, -0.1) is 11.3 Å². The number of aromatic nitrogens is 1. The minimum Gasteiger partial charge on any atom is -0.271 e. The number of hydrazine groups is 1. The molecule has 0 bridgehead atoms. The highest BCUT2D eigenvalue weighted by Crippen LogP contribution is 2.25. The fourth-order valence-electron chi connectivity index (χ4n) is 2.00. The lowest BCUT2D eigenvalue weighted by Crippen LogP contribution is -2.29. The van der Waals surface area contributed by atoms with Gasteiger partial charge in [0.25, 0.3) is 0 Å². The number of hydrogen-bond acceptors (Lipinski definition) is 4. The van der Waals surface area contributed by atoms with Gasteiger partial charge in [-0.05, 0) is 31.9 Å². The van der Waals surface area contributed by atoms with Crippen LogP contribution in [0.25, 0.3) is 0 Å². The van der Waals surface area contributed by atoms with Gasteiger partial charge in [0.2, 0.25) is 0 Å². The maximum atomic E-state index is 5.67. The van der Waals surface area contributed by atoms with Crippen molar-refractivity contribution in [3.05, 3.63) is 51.0 Å². The lowest BCUT2D eigenvalue weighted by Gasteiger charge is -2.17. The summed E-state index contributed by atoms with van der Waals surface area (Å²) >= 11 is 1.65. The number of rotatable bonds is 3. The Kier molecular flexibility index (Phi) is 3.57. The molecular weight excluding hydrogens is 230 g/mol. The summed E-state index contributed by atoms with van der Waals surface area (Å²) in [5.74, 6) is 5.67. The predicted molar refractivity (Wildman–Crippen MR) is 71.9 cm³/mol. The average molecular weight is 247 g/mol. The summed E-state index contributed by atoms with van der Waals surface area (Å²) in [7, 11) is 0. The standard InChI is InChI=1S/C13H17N3S/c1-8-4-5-11(9(2)6-8)13(16-14)12-7-17-10(3)15-12/h4-7,13,16H,14H2,1-3H3. The van der Waals surface area contributed by atoms with Crippen LogP contribution >= 0.6 is 11.3 Å². The quantitative estimate of drug-likeness (QED) is 0.647. The van der Waals surface area contributed by atoms with Crippen LogP contribution in [0.5, 0.6) is 0 Å². The lowest BCUT2D eigenvalue weighted by molar-refractivity contribution is 0.620. The van der Waals surface area contributed by atoms with Crippen molar-refractivity contribution in [1.82, 2.24) is 10.4 Å². The molecule has 2 rings (SSSR count). The molecular formula is C13H17N3S. The Hall–Kier alpha value is -1.23. The molecule has 1 aromatic heterocycles. The molecule has 0 aliphatic rings. The van der Waals surface area contributed by atoms with Crippen LogP contribution in [0.15, 0.2) is 23.6 Å². The van der Waals surface area contributed by atoms with Gasteiger partial charge in [0.05, 0.1) is 16.7 Å². The summed E-state index contributed by atoms with van der Waals surface area (Å²) in [6.45, 7) is 6.20. The number of nitrogens with two attached hydrogens (primary N) is 1. The van der Waals surface area contributed by atoms with E-state index in [2.05, 4.69) is 47.8 Å². The van der Waals surface area contributed by atoms with Crippen LogP contribution in [0, 0.1) is 20.8 Å². The molecule has 4 heteroatoms. The first-order valence-corrected chi connectivity index (χ1v) is 6.45. The molecule has 0 spiro atoms. The molecule has 3 nitrogen and oxygen atoms in total. The molecule has 1 atom stereocenters. The molecule has 90 valence electrons. The fourth-order valence-corrected chi connectivity index (χ4v) is 2.63. The molecule has 1 heterocycles. The van der Waals surface area contributed by atoms with Crippen molar-refractivity contribution >= 4 is 11.3 Å².